The van der Waals surface area contributed by atoms with Gasteiger partial charge in [0.1, 0.15) is 0 Å². The monoisotopic (exact) mass is 877 g/mol. The van der Waals surface area contributed by atoms with E-state index in [-0.39, 0.29) is 5.41 Å². The first-order valence-electron chi connectivity index (χ1n) is 24.2. The SMILES string of the molecule is CC1(C)c2cc(-c3cccc4c3-c3c(ccc5ccccc35)C43c4ccccc4-c4ccccc43)ccc2-c2ccc(N(c3ccc(-c4ccccc4)cc3)c3ccc(-c4ccccc4)cc3)cc21. The van der Waals surface area contributed by atoms with Crippen LogP contribution < -0.4 is 4.90 Å². The van der Waals surface area contributed by atoms with E-state index in [0.717, 1.165) is 17.1 Å². The molecular formula is C68H47N. The molecule has 0 aromatic heterocycles. The van der Waals surface area contributed by atoms with Crippen molar-refractivity contribution in [2.45, 2.75) is 24.7 Å². The highest BCUT2D eigenvalue weighted by molar-refractivity contribution is 6.10. The fourth-order valence-corrected chi connectivity index (χ4v) is 12.5. The molecule has 11 aromatic rings. The molecule has 69 heavy (non-hydrogen) atoms. The minimum atomic E-state index is -0.420. The Kier molecular flexibility index (Phi) is 8.61. The Balaban J connectivity index is 0.908. The van der Waals surface area contributed by atoms with Crippen LogP contribution in [-0.4, -0.2) is 0 Å². The van der Waals surface area contributed by atoms with E-state index in [1.807, 2.05) is 0 Å². The van der Waals surface area contributed by atoms with Crippen molar-refractivity contribution in [1.29, 1.82) is 0 Å². The number of rotatable bonds is 6. The molecular weight excluding hydrogens is 831 g/mol. The predicted molar refractivity (Wildman–Crippen MR) is 289 cm³/mol. The maximum atomic E-state index is 2.51. The minimum absolute atomic E-state index is 0.260. The lowest BCUT2D eigenvalue weighted by molar-refractivity contribution is 0.660. The normalized spacial score (nSPS) is 13.9. The molecule has 1 heteroatoms. The molecule has 1 nitrogen and oxygen atoms in total. The van der Waals surface area contributed by atoms with E-state index in [9.17, 15) is 0 Å². The number of nitrogens with zero attached hydrogens (tertiary/aromatic N) is 1. The summed E-state index contributed by atoms with van der Waals surface area (Å²) in [6.07, 6.45) is 0. The first-order chi connectivity index (χ1) is 34.0. The summed E-state index contributed by atoms with van der Waals surface area (Å²) >= 11 is 0. The zero-order valence-electron chi connectivity index (χ0n) is 38.6. The molecule has 0 heterocycles. The zero-order chi connectivity index (χ0) is 45.8. The van der Waals surface area contributed by atoms with Crippen LogP contribution in [0.1, 0.15) is 47.2 Å². The highest BCUT2D eigenvalue weighted by Gasteiger charge is 2.52. The maximum Gasteiger partial charge on any atom is 0.0725 e. The van der Waals surface area contributed by atoms with Crippen LogP contribution in [0.15, 0.2) is 249 Å². The molecule has 3 aliphatic carbocycles. The molecule has 0 bridgehead atoms. The molecule has 0 fully saturated rings. The van der Waals surface area contributed by atoms with Crippen molar-refractivity contribution in [3.8, 4) is 66.8 Å². The Bertz CT molecular complexity index is 3710. The molecule has 11 aromatic carbocycles. The fraction of sp³-hybridized carbons (Fsp3) is 0.0588. The van der Waals surface area contributed by atoms with Crippen LogP contribution in [0.25, 0.3) is 77.5 Å². The Labute approximate surface area is 404 Å². The largest absolute Gasteiger partial charge is 0.310 e. The van der Waals surface area contributed by atoms with Gasteiger partial charge in [-0.25, -0.2) is 0 Å². The summed E-state index contributed by atoms with van der Waals surface area (Å²) in [5.74, 6) is 0. The Hall–Kier alpha value is -8.52. The number of anilines is 3. The van der Waals surface area contributed by atoms with Gasteiger partial charge in [0.15, 0.2) is 0 Å². The fourth-order valence-electron chi connectivity index (χ4n) is 12.5. The molecule has 0 unspecified atom stereocenters. The van der Waals surface area contributed by atoms with Crippen LogP contribution in [-0.2, 0) is 10.8 Å². The van der Waals surface area contributed by atoms with Crippen molar-refractivity contribution in [3.05, 3.63) is 282 Å². The average Bonchev–Trinajstić information content (AvgIpc) is 3.98. The molecule has 0 saturated carbocycles. The zero-order valence-corrected chi connectivity index (χ0v) is 38.6. The molecule has 14 rings (SSSR count). The summed E-state index contributed by atoms with van der Waals surface area (Å²) < 4.78 is 0. The second kappa shape index (κ2) is 15.0. The van der Waals surface area contributed by atoms with Crippen LogP contribution in [0, 0.1) is 0 Å². The average molecular weight is 878 g/mol. The van der Waals surface area contributed by atoms with E-state index < -0.39 is 5.41 Å². The molecule has 0 N–H and O–H groups in total. The lowest BCUT2D eigenvalue weighted by Gasteiger charge is -2.30. The van der Waals surface area contributed by atoms with Crippen molar-refractivity contribution in [2.75, 3.05) is 4.90 Å². The first kappa shape index (κ1) is 39.6. The Morgan fingerprint density at radius 3 is 1.36 bits per heavy atom. The highest BCUT2D eigenvalue weighted by Crippen LogP contribution is 2.65. The number of fused-ring (bicyclic) bond motifs is 15. The van der Waals surface area contributed by atoms with Gasteiger partial charge in [0.05, 0.1) is 5.41 Å². The smallest absolute Gasteiger partial charge is 0.0725 e. The second-order valence-electron chi connectivity index (χ2n) is 19.6. The van der Waals surface area contributed by atoms with Crippen molar-refractivity contribution in [3.63, 3.8) is 0 Å². The van der Waals surface area contributed by atoms with Crippen molar-refractivity contribution in [2.24, 2.45) is 0 Å². The number of benzene rings is 11. The van der Waals surface area contributed by atoms with Gasteiger partial charge in [0.2, 0.25) is 0 Å². The summed E-state index contributed by atoms with van der Waals surface area (Å²) in [5.41, 5.74) is 26.2. The Morgan fingerprint density at radius 1 is 0.275 bits per heavy atom. The van der Waals surface area contributed by atoms with E-state index in [2.05, 4.69) is 267 Å². The van der Waals surface area contributed by atoms with Gasteiger partial charge in [-0.2, -0.15) is 0 Å². The van der Waals surface area contributed by atoms with Crippen LogP contribution in [0.4, 0.5) is 17.1 Å². The van der Waals surface area contributed by atoms with Gasteiger partial charge in [-0.15, -0.1) is 0 Å². The van der Waals surface area contributed by atoms with Crippen LogP contribution in [0.2, 0.25) is 0 Å². The maximum absolute atomic E-state index is 2.51. The molecule has 0 radical (unpaired) electrons. The summed E-state index contributed by atoms with van der Waals surface area (Å²) in [6.45, 7) is 4.83. The molecule has 3 aliphatic rings. The first-order valence-corrected chi connectivity index (χ1v) is 24.2. The van der Waals surface area contributed by atoms with Crippen molar-refractivity contribution in [1.82, 2.24) is 0 Å². The highest BCUT2D eigenvalue weighted by atomic mass is 15.1. The van der Waals surface area contributed by atoms with Gasteiger partial charge < -0.3 is 4.90 Å². The molecule has 0 amide bonds. The van der Waals surface area contributed by atoms with Gasteiger partial charge >= 0.3 is 0 Å². The van der Waals surface area contributed by atoms with Crippen molar-refractivity contribution >= 4 is 27.8 Å². The third kappa shape index (κ3) is 5.71. The summed E-state index contributed by atoms with van der Waals surface area (Å²) in [7, 11) is 0. The number of hydrogen-bond donors (Lipinski definition) is 0. The van der Waals surface area contributed by atoms with Crippen LogP contribution in [0.5, 0.6) is 0 Å². The predicted octanol–water partition coefficient (Wildman–Crippen LogP) is 18.0. The van der Waals surface area contributed by atoms with Gasteiger partial charge in [-0.3, -0.25) is 0 Å². The summed E-state index contributed by atoms with van der Waals surface area (Å²) in [5, 5.41) is 2.57. The number of hydrogen-bond acceptors (Lipinski definition) is 1. The lowest BCUT2D eigenvalue weighted by atomic mass is 9.70. The molecule has 324 valence electrons. The summed E-state index contributed by atoms with van der Waals surface area (Å²) in [6, 6.07) is 92.8. The second-order valence-corrected chi connectivity index (χ2v) is 19.6. The standard InChI is InChI=1S/C68H47N/c1-67(2)63-42-49(54-24-15-27-61-66(54)65-53-21-10-9-20-48(53)33-41-62(65)68(61)59-25-13-11-22-55(59)56-23-12-14-26-60(56)68)32-39-57(63)58-40-38-52(43-64(58)67)69(50-34-28-46(29-35-50)44-16-5-3-6-17-44)51-36-30-47(31-37-51)45-18-7-4-8-19-45/h3-43H,1-2H3. The quantitative estimate of drug-likeness (QED) is 0.161. The van der Waals surface area contributed by atoms with Gasteiger partial charge in [-0.05, 0) is 153 Å². The lowest BCUT2D eigenvalue weighted by Crippen LogP contribution is -2.25. The molecule has 0 aliphatic heterocycles. The minimum Gasteiger partial charge on any atom is -0.310 e. The van der Waals surface area contributed by atoms with E-state index in [1.165, 1.54) is 111 Å². The van der Waals surface area contributed by atoms with Gasteiger partial charge in [0, 0.05) is 22.5 Å². The molecule has 0 atom stereocenters. The van der Waals surface area contributed by atoms with Gasteiger partial charge in [0.25, 0.3) is 0 Å². The van der Waals surface area contributed by atoms with E-state index in [0.29, 0.717) is 0 Å². The van der Waals surface area contributed by atoms with E-state index in [4.69, 9.17) is 0 Å². The third-order valence-corrected chi connectivity index (χ3v) is 15.7. The Morgan fingerprint density at radius 2 is 0.725 bits per heavy atom. The topological polar surface area (TPSA) is 3.24 Å². The van der Waals surface area contributed by atoms with Crippen LogP contribution >= 0.6 is 0 Å². The van der Waals surface area contributed by atoms with Crippen LogP contribution in [0.3, 0.4) is 0 Å². The van der Waals surface area contributed by atoms with E-state index in [1.54, 1.807) is 0 Å². The van der Waals surface area contributed by atoms with E-state index >= 15 is 0 Å². The van der Waals surface area contributed by atoms with Gasteiger partial charge in [-0.1, -0.05) is 220 Å². The third-order valence-electron chi connectivity index (χ3n) is 15.7. The molecule has 0 saturated heterocycles. The summed E-state index contributed by atoms with van der Waals surface area (Å²) in [4.78, 5) is 2.42. The van der Waals surface area contributed by atoms with Crippen molar-refractivity contribution < 1.29 is 0 Å². The molecule has 1 spiro atoms.